The van der Waals surface area contributed by atoms with Crippen LogP contribution >= 0.6 is 12.4 Å². The van der Waals surface area contributed by atoms with Crippen molar-refractivity contribution in [3.05, 3.63) is 52.8 Å². The molecule has 4 heteroatoms. The molecule has 0 fully saturated rings. The van der Waals surface area contributed by atoms with Gasteiger partial charge in [0.05, 0.1) is 12.2 Å². The fraction of sp³-hybridized carbons (Fsp3) is 0.400. The van der Waals surface area contributed by atoms with Crippen LogP contribution in [0.5, 0.6) is 0 Å². The first-order valence-electron chi connectivity index (χ1n) is 6.40. The largest absolute Gasteiger partial charge is 0.328 e. The molecule has 0 saturated carbocycles. The third-order valence-electron chi connectivity index (χ3n) is 3.23. The Balaban J connectivity index is 0.00000180. The van der Waals surface area contributed by atoms with Crippen LogP contribution < -0.4 is 5.73 Å². The minimum Gasteiger partial charge on any atom is -0.328 e. The Morgan fingerprint density at radius 3 is 2.42 bits per heavy atom. The molecule has 0 aliphatic rings. The van der Waals surface area contributed by atoms with E-state index in [1.807, 2.05) is 13.0 Å². The molecule has 0 radical (unpaired) electrons. The lowest BCUT2D eigenvalue weighted by atomic mass is 10.1. The molecule has 0 bridgehead atoms. The summed E-state index contributed by atoms with van der Waals surface area (Å²) in [5.74, 6) is 0. The molecule has 2 aromatic rings. The van der Waals surface area contributed by atoms with Gasteiger partial charge in [0.2, 0.25) is 0 Å². The molecule has 1 aromatic carbocycles. The Hall–Kier alpha value is -1.32. The highest BCUT2D eigenvalue weighted by Crippen LogP contribution is 2.16. The second kappa shape index (κ2) is 6.73. The smallest absolute Gasteiger partial charge is 0.0662 e. The first kappa shape index (κ1) is 15.7. The van der Waals surface area contributed by atoms with Crippen LogP contribution in [-0.4, -0.2) is 15.8 Å². The van der Waals surface area contributed by atoms with Crippen LogP contribution in [0.25, 0.3) is 0 Å². The van der Waals surface area contributed by atoms with E-state index in [0.29, 0.717) is 0 Å². The third-order valence-corrected chi connectivity index (χ3v) is 3.23. The van der Waals surface area contributed by atoms with Crippen molar-refractivity contribution in [2.24, 2.45) is 5.73 Å². The number of aryl methyl sites for hydroxylation is 1. The fourth-order valence-corrected chi connectivity index (χ4v) is 2.26. The summed E-state index contributed by atoms with van der Waals surface area (Å²) in [6.07, 6.45) is 0.895. The van der Waals surface area contributed by atoms with Crippen molar-refractivity contribution in [3.63, 3.8) is 0 Å². The Morgan fingerprint density at radius 2 is 1.84 bits per heavy atom. The fourth-order valence-electron chi connectivity index (χ4n) is 2.26. The third kappa shape index (κ3) is 3.82. The van der Waals surface area contributed by atoms with Crippen LogP contribution in [0.1, 0.15) is 29.4 Å². The summed E-state index contributed by atoms with van der Waals surface area (Å²) in [5.41, 5.74) is 10.8. The summed E-state index contributed by atoms with van der Waals surface area (Å²) < 4.78 is 2.07. The van der Waals surface area contributed by atoms with Gasteiger partial charge in [0.1, 0.15) is 0 Å². The summed E-state index contributed by atoms with van der Waals surface area (Å²) in [6.45, 7) is 7.05. The lowest BCUT2D eigenvalue weighted by Gasteiger charge is -2.07. The van der Waals surface area contributed by atoms with Crippen LogP contribution in [-0.2, 0) is 13.0 Å². The van der Waals surface area contributed by atoms with Gasteiger partial charge in [-0.15, -0.1) is 12.4 Å². The molecule has 1 unspecified atom stereocenters. The number of benzene rings is 1. The lowest BCUT2D eigenvalue weighted by molar-refractivity contribution is 0.656. The average molecular weight is 280 g/mol. The minimum absolute atomic E-state index is 0. The molecule has 1 aromatic heterocycles. The molecule has 0 amide bonds. The molecular formula is C15H22ClN3. The van der Waals surface area contributed by atoms with E-state index in [9.17, 15) is 0 Å². The number of halogens is 1. The van der Waals surface area contributed by atoms with Gasteiger partial charge in [0.25, 0.3) is 0 Å². The standard InChI is InChI=1S/C15H21N3.ClH/c1-11(16)9-15-12(2)17-18(13(15)3)10-14-7-5-4-6-8-14;/h4-8,11H,9-10,16H2,1-3H3;1H. The van der Waals surface area contributed by atoms with Crippen molar-refractivity contribution in [2.45, 2.75) is 39.8 Å². The SMILES string of the molecule is Cc1nn(Cc2ccccc2)c(C)c1CC(C)N.Cl. The zero-order valence-corrected chi connectivity index (χ0v) is 12.6. The molecule has 0 saturated heterocycles. The predicted octanol–water partition coefficient (Wildman–Crippen LogP) is 2.86. The van der Waals surface area contributed by atoms with Crippen molar-refractivity contribution >= 4 is 12.4 Å². The molecule has 2 N–H and O–H groups in total. The highest BCUT2D eigenvalue weighted by Gasteiger charge is 2.12. The maximum Gasteiger partial charge on any atom is 0.0662 e. The zero-order valence-electron chi connectivity index (χ0n) is 11.8. The Labute approximate surface area is 121 Å². The highest BCUT2D eigenvalue weighted by atomic mass is 35.5. The van der Waals surface area contributed by atoms with Gasteiger partial charge in [-0.1, -0.05) is 30.3 Å². The number of nitrogens with zero attached hydrogens (tertiary/aromatic N) is 2. The number of hydrogen-bond donors (Lipinski definition) is 1. The van der Waals surface area contributed by atoms with Gasteiger partial charge < -0.3 is 5.73 Å². The minimum atomic E-state index is 0. The predicted molar refractivity (Wildman–Crippen MR) is 81.8 cm³/mol. The van der Waals surface area contributed by atoms with Gasteiger partial charge in [-0.2, -0.15) is 5.10 Å². The monoisotopic (exact) mass is 279 g/mol. The first-order valence-corrected chi connectivity index (χ1v) is 6.40. The molecular weight excluding hydrogens is 258 g/mol. The van der Waals surface area contributed by atoms with E-state index in [1.54, 1.807) is 0 Å². The lowest BCUT2D eigenvalue weighted by Crippen LogP contribution is -2.18. The van der Waals surface area contributed by atoms with Gasteiger partial charge in [-0.3, -0.25) is 4.68 Å². The molecule has 3 nitrogen and oxygen atoms in total. The topological polar surface area (TPSA) is 43.8 Å². The molecule has 0 aliphatic heterocycles. The highest BCUT2D eigenvalue weighted by molar-refractivity contribution is 5.85. The molecule has 19 heavy (non-hydrogen) atoms. The molecule has 2 rings (SSSR count). The van der Waals surface area contributed by atoms with E-state index in [1.165, 1.54) is 16.8 Å². The van der Waals surface area contributed by atoms with Gasteiger partial charge >= 0.3 is 0 Å². The molecule has 0 spiro atoms. The van der Waals surface area contributed by atoms with E-state index in [4.69, 9.17) is 5.73 Å². The van der Waals surface area contributed by atoms with Crippen LogP contribution in [0.3, 0.4) is 0 Å². The van der Waals surface area contributed by atoms with Crippen LogP contribution in [0.2, 0.25) is 0 Å². The number of aromatic nitrogens is 2. The Bertz CT molecular complexity index is 518. The summed E-state index contributed by atoms with van der Waals surface area (Å²) in [6, 6.07) is 10.6. The van der Waals surface area contributed by atoms with Crippen LogP contribution in [0.15, 0.2) is 30.3 Å². The van der Waals surface area contributed by atoms with E-state index in [2.05, 4.69) is 47.9 Å². The van der Waals surface area contributed by atoms with Gasteiger partial charge in [0.15, 0.2) is 0 Å². The number of nitrogens with two attached hydrogens (primary N) is 1. The summed E-state index contributed by atoms with van der Waals surface area (Å²) in [4.78, 5) is 0. The van der Waals surface area contributed by atoms with Crippen molar-refractivity contribution in [1.82, 2.24) is 9.78 Å². The van der Waals surface area contributed by atoms with Crippen LogP contribution in [0, 0.1) is 13.8 Å². The summed E-state index contributed by atoms with van der Waals surface area (Å²) in [7, 11) is 0. The van der Waals surface area contributed by atoms with Crippen molar-refractivity contribution in [3.8, 4) is 0 Å². The molecule has 1 heterocycles. The molecule has 1 atom stereocenters. The summed E-state index contributed by atoms with van der Waals surface area (Å²) >= 11 is 0. The normalized spacial score (nSPS) is 12.0. The second-order valence-corrected chi connectivity index (χ2v) is 4.97. The zero-order chi connectivity index (χ0) is 13.1. The van der Waals surface area contributed by atoms with E-state index < -0.39 is 0 Å². The maximum atomic E-state index is 5.89. The average Bonchev–Trinajstić information content (AvgIpc) is 2.58. The van der Waals surface area contributed by atoms with Crippen molar-refractivity contribution < 1.29 is 0 Å². The van der Waals surface area contributed by atoms with Gasteiger partial charge in [0, 0.05) is 11.7 Å². The Kier molecular flexibility index (Phi) is 5.58. The van der Waals surface area contributed by atoms with Gasteiger partial charge in [-0.25, -0.2) is 0 Å². The van der Waals surface area contributed by atoms with E-state index in [0.717, 1.165) is 18.7 Å². The Morgan fingerprint density at radius 1 is 1.21 bits per heavy atom. The van der Waals surface area contributed by atoms with E-state index >= 15 is 0 Å². The number of rotatable bonds is 4. The van der Waals surface area contributed by atoms with Crippen LogP contribution in [0.4, 0.5) is 0 Å². The maximum absolute atomic E-state index is 5.89. The first-order chi connectivity index (χ1) is 8.58. The second-order valence-electron chi connectivity index (χ2n) is 4.97. The van der Waals surface area contributed by atoms with Crippen molar-refractivity contribution in [2.75, 3.05) is 0 Å². The van der Waals surface area contributed by atoms with Crippen molar-refractivity contribution in [1.29, 1.82) is 0 Å². The quantitative estimate of drug-likeness (QED) is 0.935. The molecule has 104 valence electrons. The number of hydrogen-bond acceptors (Lipinski definition) is 2. The molecule has 0 aliphatic carbocycles. The summed E-state index contributed by atoms with van der Waals surface area (Å²) in [5, 5.41) is 4.62. The van der Waals surface area contributed by atoms with E-state index in [-0.39, 0.29) is 18.4 Å². The van der Waals surface area contributed by atoms with Gasteiger partial charge in [-0.05, 0) is 38.3 Å².